The first-order chi connectivity index (χ1) is 28.1. The van der Waals surface area contributed by atoms with E-state index in [2.05, 4.69) is 26.4 Å². The number of hydrazine groups is 1. The zero-order valence-corrected chi connectivity index (χ0v) is 35.7. The lowest BCUT2D eigenvalue weighted by Crippen LogP contribution is -2.58. The molecule has 4 N–H and O–H groups in total. The molecule has 3 atom stereocenters. The van der Waals surface area contributed by atoms with Crippen LogP contribution in [0.3, 0.4) is 0 Å². The highest BCUT2D eigenvalue weighted by molar-refractivity contribution is 5.87. The highest BCUT2D eigenvalue weighted by atomic mass is 16.6. The van der Waals surface area contributed by atoms with E-state index in [0.29, 0.717) is 32.8 Å². The Hall–Kier alpha value is -5.09. The number of hydrogen-bond acceptors (Lipinski definition) is 11. The summed E-state index contributed by atoms with van der Waals surface area (Å²) in [6.07, 6.45) is 2.59. The molecule has 0 aliphatic rings. The Bertz CT molecular complexity index is 1700. The van der Waals surface area contributed by atoms with Crippen molar-refractivity contribution in [2.24, 2.45) is 10.8 Å². The van der Waals surface area contributed by atoms with Crippen LogP contribution in [0.5, 0.6) is 0 Å². The fourth-order valence-corrected chi connectivity index (χ4v) is 5.83. The van der Waals surface area contributed by atoms with E-state index < -0.39 is 53.0 Å². The number of alkyl carbamates (subject to hydrolysis) is 2. The summed E-state index contributed by atoms with van der Waals surface area (Å²) in [5, 5.41) is 10.3. The molecule has 0 spiro atoms. The lowest BCUT2D eigenvalue weighted by molar-refractivity contribution is -0.131. The molecule has 0 aliphatic carbocycles. The standard InChI is InChI=1S/C44H63N6O9/c1-43(2,3)37(48-42(54)59-29-28-58-27-26-57-25-24-55-7)39(51)46-35(30-32-14-10-9-11-15-32)21-23-50(49-40(52)38(44(4,5)6)47-41(53)56-8)31-33-17-19-34(20-18-33)36-16-12-13-22-45-36/h9-22,35,37-38H,23-31H2,1-8H3,(H,46,51)(H,47,53)(H,48,54)(H,49,52)/t35-,37+,38+/m1/s1. The van der Waals surface area contributed by atoms with E-state index in [4.69, 9.17) is 23.7 Å². The van der Waals surface area contributed by atoms with Gasteiger partial charge < -0.3 is 39.6 Å². The lowest BCUT2D eigenvalue weighted by Gasteiger charge is -2.34. The third-order valence-corrected chi connectivity index (χ3v) is 9.02. The van der Waals surface area contributed by atoms with Crippen molar-refractivity contribution in [3.05, 3.63) is 96.5 Å². The summed E-state index contributed by atoms with van der Waals surface area (Å²) in [5.41, 5.74) is 5.29. The Morgan fingerprint density at radius 3 is 1.86 bits per heavy atom. The summed E-state index contributed by atoms with van der Waals surface area (Å²) in [6, 6.07) is 20.8. The molecular formula is C44H63N6O9. The molecule has 0 saturated heterocycles. The van der Waals surface area contributed by atoms with E-state index in [-0.39, 0.29) is 26.3 Å². The van der Waals surface area contributed by atoms with Gasteiger partial charge in [0, 0.05) is 44.4 Å². The molecular weight excluding hydrogens is 757 g/mol. The molecule has 1 radical (unpaired) electrons. The molecule has 0 unspecified atom stereocenters. The van der Waals surface area contributed by atoms with Crippen LogP contribution in [0.1, 0.15) is 52.7 Å². The molecule has 1 aromatic heterocycles. The molecule has 2 aromatic carbocycles. The summed E-state index contributed by atoms with van der Waals surface area (Å²) in [4.78, 5) is 57.6. The molecule has 15 nitrogen and oxygen atoms in total. The Kier molecular flexibility index (Phi) is 20.2. The van der Waals surface area contributed by atoms with E-state index in [1.807, 2.05) is 121 Å². The number of nitrogens with zero attached hydrogens (tertiary/aromatic N) is 2. The summed E-state index contributed by atoms with van der Waals surface area (Å²) < 4.78 is 25.9. The van der Waals surface area contributed by atoms with Crippen LogP contribution in [0, 0.1) is 17.3 Å². The molecule has 3 aromatic rings. The average molecular weight is 820 g/mol. The second kappa shape index (κ2) is 24.7. The van der Waals surface area contributed by atoms with Gasteiger partial charge in [-0.2, -0.15) is 0 Å². The quantitative estimate of drug-likeness (QED) is 0.0739. The van der Waals surface area contributed by atoms with Gasteiger partial charge in [-0.3, -0.25) is 20.0 Å². The summed E-state index contributed by atoms with van der Waals surface area (Å²) in [5.74, 6) is -0.853. The zero-order valence-electron chi connectivity index (χ0n) is 35.7. The van der Waals surface area contributed by atoms with Gasteiger partial charge in [-0.25, -0.2) is 14.6 Å². The van der Waals surface area contributed by atoms with E-state index >= 15 is 0 Å². The van der Waals surface area contributed by atoms with Gasteiger partial charge in [0.1, 0.15) is 18.7 Å². The fraction of sp³-hybridized carbons (Fsp3) is 0.500. The predicted molar refractivity (Wildman–Crippen MR) is 225 cm³/mol. The number of benzene rings is 2. The molecule has 3 rings (SSSR count). The molecule has 4 amide bonds. The van der Waals surface area contributed by atoms with Crippen LogP contribution < -0.4 is 21.4 Å². The smallest absolute Gasteiger partial charge is 0.407 e. The van der Waals surface area contributed by atoms with Gasteiger partial charge in [0.05, 0.1) is 45.8 Å². The minimum Gasteiger partial charge on any atom is -0.453 e. The maximum Gasteiger partial charge on any atom is 0.407 e. The SMILES string of the molecule is COCCOCCOCCOC(=O)N[C@@H](C(=O)N[C@H]([CH]CN(Cc1ccc(-c2ccccn2)cc1)NC(=O)[C@H](NC(=O)OC)C(C)(C)C)Cc1ccccc1)C(C)(C)C. The predicted octanol–water partition coefficient (Wildman–Crippen LogP) is 5.10. The van der Waals surface area contributed by atoms with Crippen LogP contribution in [0.2, 0.25) is 0 Å². The van der Waals surface area contributed by atoms with Crippen molar-refractivity contribution in [2.75, 3.05) is 60.4 Å². The largest absolute Gasteiger partial charge is 0.453 e. The van der Waals surface area contributed by atoms with Crippen LogP contribution in [-0.4, -0.2) is 113 Å². The number of pyridine rings is 1. The normalized spacial score (nSPS) is 13.2. The average Bonchev–Trinajstić information content (AvgIpc) is 3.20. The molecule has 15 heteroatoms. The number of aromatic nitrogens is 1. The minimum atomic E-state index is -0.956. The first-order valence-corrected chi connectivity index (χ1v) is 19.8. The van der Waals surface area contributed by atoms with Crippen molar-refractivity contribution in [1.29, 1.82) is 0 Å². The molecule has 323 valence electrons. The third kappa shape index (κ3) is 18.2. The molecule has 0 aliphatic heterocycles. The van der Waals surface area contributed by atoms with Crippen molar-refractivity contribution < 1.29 is 42.9 Å². The Labute approximate surface area is 349 Å². The van der Waals surface area contributed by atoms with Crippen LogP contribution in [0.25, 0.3) is 11.3 Å². The minimum absolute atomic E-state index is 0.00849. The number of ether oxygens (including phenoxy) is 5. The van der Waals surface area contributed by atoms with Gasteiger partial charge in [-0.15, -0.1) is 0 Å². The summed E-state index contributed by atoms with van der Waals surface area (Å²) >= 11 is 0. The molecule has 0 saturated carbocycles. The maximum atomic E-state index is 14.1. The van der Waals surface area contributed by atoms with Crippen LogP contribution >= 0.6 is 0 Å². The second-order valence-electron chi connectivity index (χ2n) is 16.0. The first-order valence-electron chi connectivity index (χ1n) is 19.8. The number of carbonyl (C=O) groups excluding carboxylic acids is 4. The van der Waals surface area contributed by atoms with Crippen molar-refractivity contribution >= 4 is 24.0 Å². The number of amides is 4. The number of methoxy groups -OCH3 is 2. The van der Waals surface area contributed by atoms with E-state index in [1.165, 1.54) is 7.11 Å². The van der Waals surface area contributed by atoms with Crippen molar-refractivity contribution in [2.45, 2.75) is 72.6 Å². The molecule has 0 bridgehead atoms. The third-order valence-electron chi connectivity index (χ3n) is 9.02. The Morgan fingerprint density at radius 2 is 1.27 bits per heavy atom. The summed E-state index contributed by atoms with van der Waals surface area (Å²) in [7, 11) is 2.84. The van der Waals surface area contributed by atoms with Crippen molar-refractivity contribution in [1.82, 2.24) is 31.4 Å². The molecule has 0 fully saturated rings. The first kappa shape index (κ1) is 48.3. The van der Waals surface area contributed by atoms with Gasteiger partial charge in [0.15, 0.2) is 0 Å². The van der Waals surface area contributed by atoms with Gasteiger partial charge >= 0.3 is 12.2 Å². The van der Waals surface area contributed by atoms with Crippen LogP contribution in [-0.2, 0) is 46.2 Å². The summed E-state index contributed by atoms with van der Waals surface area (Å²) in [6.45, 7) is 13.4. The van der Waals surface area contributed by atoms with Crippen molar-refractivity contribution in [3.8, 4) is 11.3 Å². The molecule has 1 heterocycles. The number of nitrogens with one attached hydrogen (secondary N) is 4. The topological polar surface area (TPSA) is 179 Å². The number of hydrogen-bond donors (Lipinski definition) is 4. The van der Waals surface area contributed by atoms with Gasteiger partial charge in [0.25, 0.3) is 5.91 Å². The monoisotopic (exact) mass is 819 g/mol. The van der Waals surface area contributed by atoms with E-state index in [9.17, 15) is 19.2 Å². The van der Waals surface area contributed by atoms with E-state index in [0.717, 1.165) is 22.4 Å². The zero-order chi connectivity index (χ0) is 43.3. The Morgan fingerprint density at radius 1 is 0.678 bits per heavy atom. The van der Waals surface area contributed by atoms with Crippen molar-refractivity contribution in [3.63, 3.8) is 0 Å². The fourth-order valence-electron chi connectivity index (χ4n) is 5.83. The molecule has 59 heavy (non-hydrogen) atoms. The van der Waals surface area contributed by atoms with Gasteiger partial charge in [-0.05, 0) is 40.5 Å². The van der Waals surface area contributed by atoms with Gasteiger partial charge in [-0.1, -0.05) is 102 Å². The maximum absolute atomic E-state index is 14.1. The highest BCUT2D eigenvalue weighted by Crippen LogP contribution is 2.22. The number of carbonyl (C=O) groups is 4. The number of rotatable bonds is 23. The van der Waals surface area contributed by atoms with Crippen LogP contribution in [0.4, 0.5) is 9.59 Å². The lowest BCUT2D eigenvalue weighted by atomic mass is 9.86. The Balaban J connectivity index is 1.79. The van der Waals surface area contributed by atoms with E-state index in [1.54, 1.807) is 18.3 Å². The second-order valence-corrected chi connectivity index (χ2v) is 16.0. The highest BCUT2D eigenvalue weighted by Gasteiger charge is 2.36. The van der Waals surface area contributed by atoms with Crippen LogP contribution in [0.15, 0.2) is 79.0 Å². The van der Waals surface area contributed by atoms with Gasteiger partial charge in [0.2, 0.25) is 5.91 Å².